The Balaban J connectivity index is 2.56. The van der Waals surface area contributed by atoms with E-state index in [0.29, 0.717) is 5.82 Å². The number of hydrazine groups is 1. The topological polar surface area (TPSA) is 85.1 Å². The van der Waals surface area contributed by atoms with Gasteiger partial charge in [0.15, 0.2) is 0 Å². The maximum Gasteiger partial charge on any atom is 0.145 e. The summed E-state index contributed by atoms with van der Waals surface area (Å²) in [7, 11) is 0. The van der Waals surface area contributed by atoms with Gasteiger partial charge in [0.05, 0.1) is 0 Å². The van der Waals surface area contributed by atoms with Crippen LogP contribution >= 0.6 is 0 Å². The quantitative estimate of drug-likeness (QED) is 0.371. The summed E-state index contributed by atoms with van der Waals surface area (Å²) < 4.78 is 5.27. The van der Waals surface area contributed by atoms with E-state index in [1.165, 1.54) is 0 Å². The molecule has 0 aliphatic rings. The number of anilines is 2. The molecule has 0 saturated carbocycles. The minimum atomic E-state index is 0.266. The Morgan fingerprint density at radius 1 is 1.33 bits per heavy atom. The third-order valence-corrected chi connectivity index (χ3v) is 2.38. The first-order valence-corrected chi connectivity index (χ1v) is 6.34. The number of nitrogens with one attached hydrogen (secondary N) is 2. The van der Waals surface area contributed by atoms with Gasteiger partial charge in [0.25, 0.3) is 0 Å². The summed E-state index contributed by atoms with van der Waals surface area (Å²) in [5.74, 6) is 7.85. The highest BCUT2D eigenvalue weighted by atomic mass is 16.5. The van der Waals surface area contributed by atoms with Crippen molar-refractivity contribution in [2.24, 2.45) is 5.84 Å². The molecule has 6 nitrogen and oxygen atoms in total. The Hall–Kier alpha value is -1.40. The fourth-order valence-corrected chi connectivity index (χ4v) is 1.42. The van der Waals surface area contributed by atoms with Crippen molar-refractivity contribution in [1.29, 1.82) is 0 Å². The van der Waals surface area contributed by atoms with Crippen LogP contribution in [0, 0.1) is 0 Å². The molecule has 0 spiro atoms. The van der Waals surface area contributed by atoms with Crippen LogP contribution in [0.3, 0.4) is 0 Å². The molecular formula is C12H23N5O. The van der Waals surface area contributed by atoms with Gasteiger partial charge in [0.2, 0.25) is 0 Å². The molecule has 6 heteroatoms. The van der Waals surface area contributed by atoms with Crippen LogP contribution in [-0.2, 0) is 4.74 Å². The van der Waals surface area contributed by atoms with Gasteiger partial charge in [-0.3, -0.25) is 0 Å². The molecular weight excluding hydrogens is 230 g/mol. The zero-order chi connectivity index (χ0) is 13.4. The minimum Gasteiger partial charge on any atom is -0.382 e. The molecule has 0 aliphatic carbocycles. The molecule has 0 saturated heterocycles. The SMILES string of the molecule is CCOCCCNc1cc(NN)nc(C(C)C)n1. The molecule has 102 valence electrons. The molecule has 0 bridgehead atoms. The van der Waals surface area contributed by atoms with E-state index in [1.54, 1.807) is 6.07 Å². The van der Waals surface area contributed by atoms with Crippen molar-refractivity contribution in [1.82, 2.24) is 9.97 Å². The molecule has 0 radical (unpaired) electrons. The second-order valence-corrected chi connectivity index (χ2v) is 4.27. The summed E-state index contributed by atoms with van der Waals surface area (Å²) in [6, 6.07) is 1.80. The van der Waals surface area contributed by atoms with Gasteiger partial charge in [-0.2, -0.15) is 0 Å². The molecule has 0 unspecified atom stereocenters. The monoisotopic (exact) mass is 253 g/mol. The van der Waals surface area contributed by atoms with Gasteiger partial charge in [-0.25, -0.2) is 15.8 Å². The van der Waals surface area contributed by atoms with Crippen LogP contribution in [0.25, 0.3) is 0 Å². The third-order valence-electron chi connectivity index (χ3n) is 2.38. The molecule has 1 rings (SSSR count). The first kappa shape index (κ1) is 14.7. The molecule has 0 fully saturated rings. The Morgan fingerprint density at radius 3 is 2.67 bits per heavy atom. The van der Waals surface area contributed by atoms with Gasteiger partial charge in [-0.1, -0.05) is 13.8 Å². The Kier molecular flexibility index (Phi) is 6.38. The predicted molar refractivity (Wildman–Crippen MR) is 73.5 cm³/mol. The number of hydrogen-bond donors (Lipinski definition) is 3. The molecule has 4 N–H and O–H groups in total. The lowest BCUT2D eigenvalue weighted by Gasteiger charge is -2.11. The van der Waals surface area contributed by atoms with Crippen molar-refractivity contribution >= 4 is 11.6 Å². The van der Waals surface area contributed by atoms with Crippen LogP contribution in [0.2, 0.25) is 0 Å². The summed E-state index contributed by atoms with van der Waals surface area (Å²) in [4.78, 5) is 8.74. The zero-order valence-corrected chi connectivity index (χ0v) is 11.4. The van der Waals surface area contributed by atoms with Crippen molar-refractivity contribution in [3.05, 3.63) is 11.9 Å². The lowest BCUT2D eigenvalue weighted by atomic mass is 10.2. The number of nitrogen functional groups attached to an aromatic ring is 1. The van der Waals surface area contributed by atoms with Gasteiger partial charge in [0, 0.05) is 31.7 Å². The van der Waals surface area contributed by atoms with Gasteiger partial charge in [-0.05, 0) is 13.3 Å². The van der Waals surface area contributed by atoms with E-state index in [9.17, 15) is 0 Å². The molecule has 1 heterocycles. The highest BCUT2D eigenvalue weighted by Crippen LogP contribution is 2.16. The number of hydrogen-bond acceptors (Lipinski definition) is 6. The molecule has 0 aliphatic heterocycles. The third kappa shape index (κ3) is 4.85. The van der Waals surface area contributed by atoms with Crippen molar-refractivity contribution in [3.8, 4) is 0 Å². The molecule has 0 atom stereocenters. The summed E-state index contributed by atoms with van der Waals surface area (Å²) in [6.45, 7) is 8.42. The lowest BCUT2D eigenvalue weighted by molar-refractivity contribution is 0.147. The van der Waals surface area contributed by atoms with Crippen LogP contribution in [-0.4, -0.2) is 29.7 Å². The minimum absolute atomic E-state index is 0.266. The highest BCUT2D eigenvalue weighted by Gasteiger charge is 2.07. The van der Waals surface area contributed by atoms with Crippen LogP contribution in [0.1, 0.15) is 38.9 Å². The van der Waals surface area contributed by atoms with Gasteiger partial charge in [0.1, 0.15) is 17.5 Å². The number of nitrogens with zero attached hydrogens (tertiary/aromatic N) is 2. The van der Waals surface area contributed by atoms with Gasteiger partial charge < -0.3 is 15.5 Å². The maximum absolute atomic E-state index is 5.39. The first-order valence-electron chi connectivity index (χ1n) is 6.34. The Morgan fingerprint density at radius 2 is 2.06 bits per heavy atom. The fourth-order valence-electron chi connectivity index (χ4n) is 1.42. The normalized spacial score (nSPS) is 10.7. The standard InChI is InChI=1S/C12H23N5O/c1-4-18-7-5-6-14-10-8-11(17-13)16-12(15-10)9(2)3/h8-9H,4-7,13H2,1-3H3,(H2,14,15,16,17). The van der Waals surface area contributed by atoms with Crippen LogP contribution in [0.5, 0.6) is 0 Å². The number of ether oxygens (including phenoxy) is 1. The van der Waals surface area contributed by atoms with E-state index in [4.69, 9.17) is 10.6 Å². The van der Waals surface area contributed by atoms with Crippen LogP contribution in [0.15, 0.2) is 6.07 Å². The maximum atomic E-state index is 5.39. The fraction of sp³-hybridized carbons (Fsp3) is 0.667. The first-order chi connectivity index (χ1) is 8.67. The average molecular weight is 253 g/mol. The van der Waals surface area contributed by atoms with Crippen molar-refractivity contribution in [2.45, 2.75) is 33.1 Å². The lowest BCUT2D eigenvalue weighted by Crippen LogP contribution is -2.13. The zero-order valence-electron chi connectivity index (χ0n) is 11.4. The van der Waals surface area contributed by atoms with E-state index in [0.717, 1.165) is 37.8 Å². The summed E-state index contributed by atoms with van der Waals surface area (Å²) >= 11 is 0. The van der Waals surface area contributed by atoms with Gasteiger partial charge >= 0.3 is 0 Å². The van der Waals surface area contributed by atoms with E-state index < -0.39 is 0 Å². The number of rotatable bonds is 8. The predicted octanol–water partition coefficient (Wildman–Crippen LogP) is 1.72. The molecule has 18 heavy (non-hydrogen) atoms. The largest absolute Gasteiger partial charge is 0.382 e. The molecule has 0 amide bonds. The second-order valence-electron chi connectivity index (χ2n) is 4.27. The van der Waals surface area contributed by atoms with E-state index in [-0.39, 0.29) is 5.92 Å². The average Bonchev–Trinajstić information content (AvgIpc) is 2.38. The van der Waals surface area contributed by atoms with E-state index in [1.807, 2.05) is 6.92 Å². The summed E-state index contributed by atoms with van der Waals surface area (Å²) in [5.41, 5.74) is 2.56. The van der Waals surface area contributed by atoms with Crippen molar-refractivity contribution in [3.63, 3.8) is 0 Å². The summed E-state index contributed by atoms with van der Waals surface area (Å²) in [6.07, 6.45) is 0.945. The Bertz CT molecular complexity index is 356. The second kappa shape index (κ2) is 7.84. The van der Waals surface area contributed by atoms with Crippen LogP contribution < -0.4 is 16.6 Å². The van der Waals surface area contributed by atoms with E-state index in [2.05, 4.69) is 34.6 Å². The molecule has 0 aromatic carbocycles. The number of nitrogens with two attached hydrogens (primary N) is 1. The highest BCUT2D eigenvalue weighted by molar-refractivity contribution is 5.47. The molecule has 1 aromatic heterocycles. The van der Waals surface area contributed by atoms with E-state index >= 15 is 0 Å². The Labute approximate surface area is 108 Å². The smallest absolute Gasteiger partial charge is 0.145 e. The molecule has 1 aromatic rings. The van der Waals surface area contributed by atoms with Gasteiger partial charge in [-0.15, -0.1) is 0 Å². The van der Waals surface area contributed by atoms with Crippen LogP contribution in [0.4, 0.5) is 11.6 Å². The van der Waals surface area contributed by atoms with Crippen molar-refractivity contribution < 1.29 is 4.74 Å². The number of aromatic nitrogens is 2. The summed E-state index contributed by atoms with van der Waals surface area (Å²) in [5, 5.41) is 3.25. The van der Waals surface area contributed by atoms with Crippen molar-refractivity contribution in [2.75, 3.05) is 30.5 Å².